The fraction of sp³-hybridized carbons (Fsp3) is 0.222. The highest BCUT2D eigenvalue weighted by molar-refractivity contribution is 5.47. The Bertz CT molecular complexity index is 463. The summed E-state index contributed by atoms with van der Waals surface area (Å²) in [6, 6.07) is 5.04. The van der Waals surface area contributed by atoms with Gasteiger partial charge in [0.1, 0.15) is 17.9 Å². The van der Waals surface area contributed by atoms with Crippen LogP contribution in [0.15, 0.2) is 24.4 Å². The van der Waals surface area contributed by atoms with E-state index >= 15 is 0 Å². The van der Waals surface area contributed by atoms with Crippen molar-refractivity contribution in [2.24, 2.45) is 0 Å². The molecule has 4 nitrogen and oxygen atoms in total. The minimum atomic E-state index is -4.29. The lowest BCUT2D eigenvalue weighted by molar-refractivity contribution is -0.128. The highest BCUT2D eigenvalue weighted by Gasteiger charge is 2.29. The van der Waals surface area contributed by atoms with Gasteiger partial charge in [-0.05, 0) is 12.1 Å². The third kappa shape index (κ3) is 2.56. The number of hydrogen-bond donors (Lipinski definition) is 1. The van der Waals surface area contributed by atoms with Gasteiger partial charge in [0.05, 0.1) is 0 Å². The molecule has 0 spiro atoms. The third-order valence-corrected chi connectivity index (χ3v) is 1.79. The molecular weight excluding hydrogens is 221 g/mol. The van der Waals surface area contributed by atoms with Crippen LogP contribution in [0.25, 0.3) is 11.5 Å². The van der Waals surface area contributed by atoms with Crippen LogP contribution in [0, 0.1) is 0 Å². The van der Waals surface area contributed by atoms with Crippen molar-refractivity contribution < 1.29 is 13.2 Å². The Morgan fingerprint density at radius 3 is 2.69 bits per heavy atom. The Hall–Kier alpha value is -1.92. The van der Waals surface area contributed by atoms with Crippen molar-refractivity contribution in [3.8, 4) is 11.5 Å². The molecule has 0 amide bonds. The molecule has 0 fully saturated rings. The van der Waals surface area contributed by atoms with Gasteiger partial charge in [-0.3, -0.25) is 10.1 Å². The molecule has 0 aliphatic heterocycles. The summed E-state index contributed by atoms with van der Waals surface area (Å²) in [6.45, 7) is 0. The van der Waals surface area contributed by atoms with Crippen molar-refractivity contribution in [1.82, 2.24) is 20.2 Å². The van der Waals surface area contributed by atoms with E-state index in [2.05, 4.69) is 20.2 Å². The first-order valence-corrected chi connectivity index (χ1v) is 4.44. The standard InChI is InChI=1S/C9H7F3N4/c10-9(11,12)5-7-14-8(16-15-7)6-3-1-2-4-13-6/h1-4H,5H2,(H,14,15,16). The Morgan fingerprint density at radius 2 is 2.06 bits per heavy atom. The van der Waals surface area contributed by atoms with E-state index in [1.54, 1.807) is 18.2 Å². The predicted octanol–water partition coefficient (Wildman–Crippen LogP) is 1.97. The molecule has 7 heteroatoms. The van der Waals surface area contributed by atoms with Crippen LogP contribution in [-0.4, -0.2) is 26.3 Å². The van der Waals surface area contributed by atoms with Crippen molar-refractivity contribution in [3.05, 3.63) is 30.2 Å². The van der Waals surface area contributed by atoms with Gasteiger partial charge in [0.2, 0.25) is 0 Å². The first-order chi connectivity index (χ1) is 7.54. The second-order valence-corrected chi connectivity index (χ2v) is 3.11. The number of aromatic nitrogens is 4. The number of alkyl halides is 3. The summed E-state index contributed by atoms with van der Waals surface area (Å²) in [5.74, 6) is -0.0481. The second kappa shape index (κ2) is 3.92. The quantitative estimate of drug-likeness (QED) is 0.854. The van der Waals surface area contributed by atoms with E-state index < -0.39 is 12.6 Å². The third-order valence-electron chi connectivity index (χ3n) is 1.79. The topological polar surface area (TPSA) is 54.5 Å². The molecule has 16 heavy (non-hydrogen) atoms. The van der Waals surface area contributed by atoms with E-state index in [4.69, 9.17) is 0 Å². The lowest BCUT2D eigenvalue weighted by Gasteiger charge is -2.01. The Morgan fingerprint density at radius 1 is 1.25 bits per heavy atom. The molecule has 0 saturated heterocycles. The summed E-state index contributed by atoms with van der Waals surface area (Å²) in [5, 5.41) is 5.91. The maximum atomic E-state index is 12.0. The molecule has 84 valence electrons. The van der Waals surface area contributed by atoms with E-state index in [0.717, 1.165) is 0 Å². The Kier molecular flexibility index (Phi) is 2.59. The van der Waals surface area contributed by atoms with Gasteiger partial charge in [0, 0.05) is 6.20 Å². The van der Waals surface area contributed by atoms with Gasteiger partial charge in [0.15, 0.2) is 5.82 Å². The summed E-state index contributed by atoms with van der Waals surface area (Å²) < 4.78 is 36.1. The number of hydrogen-bond acceptors (Lipinski definition) is 3. The number of rotatable bonds is 2. The average Bonchev–Trinajstić information content (AvgIpc) is 2.65. The van der Waals surface area contributed by atoms with E-state index in [1.165, 1.54) is 6.20 Å². The predicted molar refractivity (Wildman–Crippen MR) is 49.4 cm³/mol. The highest BCUT2D eigenvalue weighted by atomic mass is 19.4. The molecule has 1 N–H and O–H groups in total. The number of nitrogens with zero attached hydrogens (tertiary/aromatic N) is 3. The summed E-state index contributed by atoms with van der Waals surface area (Å²) in [5.41, 5.74) is 0.437. The first-order valence-electron chi connectivity index (χ1n) is 4.44. The molecule has 2 aromatic heterocycles. The van der Waals surface area contributed by atoms with Crippen LogP contribution in [0.5, 0.6) is 0 Å². The molecule has 2 aromatic rings. The summed E-state index contributed by atoms with van der Waals surface area (Å²) >= 11 is 0. The monoisotopic (exact) mass is 228 g/mol. The molecule has 0 aliphatic rings. The van der Waals surface area contributed by atoms with Crippen LogP contribution in [0.4, 0.5) is 13.2 Å². The zero-order valence-electron chi connectivity index (χ0n) is 7.99. The van der Waals surface area contributed by atoms with Gasteiger partial charge in [0.25, 0.3) is 0 Å². The lowest BCUT2D eigenvalue weighted by Crippen LogP contribution is -2.12. The van der Waals surface area contributed by atoms with Gasteiger partial charge in [-0.15, -0.1) is 0 Å². The number of halogens is 3. The Labute approximate surface area is 88.6 Å². The van der Waals surface area contributed by atoms with Gasteiger partial charge < -0.3 is 0 Å². The SMILES string of the molecule is FC(F)(F)Cc1nc(-c2ccccn2)n[nH]1. The number of nitrogens with one attached hydrogen (secondary N) is 1. The zero-order valence-corrected chi connectivity index (χ0v) is 7.99. The van der Waals surface area contributed by atoms with Crippen molar-refractivity contribution in [3.63, 3.8) is 0 Å². The molecule has 0 unspecified atom stereocenters. The van der Waals surface area contributed by atoms with Gasteiger partial charge in [-0.1, -0.05) is 6.07 Å². The normalized spacial score (nSPS) is 11.7. The lowest BCUT2D eigenvalue weighted by atomic mass is 10.3. The smallest absolute Gasteiger partial charge is 0.262 e. The van der Waals surface area contributed by atoms with Crippen molar-refractivity contribution >= 4 is 0 Å². The minimum Gasteiger partial charge on any atom is -0.262 e. The van der Waals surface area contributed by atoms with Gasteiger partial charge in [-0.2, -0.15) is 18.3 Å². The Balaban J connectivity index is 2.21. The van der Waals surface area contributed by atoms with Crippen LogP contribution in [0.1, 0.15) is 5.82 Å². The van der Waals surface area contributed by atoms with E-state index in [1.807, 2.05) is 0 Å². The number of aromatic amines is 1. The van der Waals surface area contributed by atoms with E-state index in [0.29, 0.717) is 5.69 Å². The van der Waals surface area contributed by atoms with Crippen molar-refractivity contribution in [1.29, 1.82) is 0 Å². The molecule has 0 saturated carbocycles. The van der Waals surface area contributed by atoms with Gasteiger partial charge >= 0.3 is 6.18 Å². The number of pyridine rings is 1. The zero-order chi connectivity index (χ0) is 11.6. The summed E-state index contributed by atoms with van der Waals surface area (Å²) in [7, 11) is 0. The molecule has 2 heterocycles. The molecule has 0 bridgehead atoms. The summed E-state index contributed by atoms with van der Waals surface area (Å²) in [6.07, 6.45) is -3.89. The fourth-order valence-corrected chi connectivity index (χ4v) is 1.17. The maximum Gasteiger partial charge on any atom is 0.396 e. The molecule has 0 aliphatic carbocycles. The van der Waals surface area contributed by atoms with Gasteiger partial charge in [-0.25, -0.2) is 4.98 Å². The molecule has 2 rings (SSSR count). The van der Waals surface area contributed by atoms with Crippen molar-refractivity contribution in [2.45, 2.75) is 12.6 Å². The highest BCUT2D eigenvalue weighted by Crippen LogP contribution is 2.20. The van der Waals surface area contributed by atoms with Crippen molar-refractivity contribution in [2.75, 3.05) is 0 Å². The van der Waals surface area contributed by atoms with Crippen LogP contribution in [0.2, 0.25) is 0 Å². The molecule has 0 aromatic carbocycles. The number of H-pyrrole nitrogens is 1. The average molecular weight is 228 g/mol. The van der Waals surface area contributed by atoms with Crippen LogP contribution < -0.4 is 0 Å². The van der Waals surface area contributed by atoms with Crippen LogP contribution in [0.3, 0.4) is 0 Å². The first kappa shape index (κ1) is 10.6. The molecule has 0 radical (unpaired) electrons. The van der Waals surface area contributed by atoms with E-state index in [-0.39, 0.29) is 11.6 Å². The van der Waals surface area contributed by atoms with Crippen LogP contribution >= 0.6 is 0 Å². The second-order valence-electron chi connectivity index (χ2n) is 3.11. The minimum absolute atomic E-state index is 0.167. The molecule has 0 atom stereocenters. The van der Waals surface area contributed by atoms with E-state index in [9.17, 15) is 13.2 Å². The largest absolute Gasteiger partial charge is 0.396 e. The maximum absolute atomic E-state index is 12.0. The molecular formula is C9H7F3N4. The summed E-state index contributed by atoms with van der Waals surface area (Å²) in [4.78, 5) is 7.65. The fourth-order valence-electron chi connectivity index (χ4n) is 1.17. The van der Waals surface area contributed by atoms with Crippen LogP contribution in [-0.2, 0) is 6.42 Å².